The van der Waals surface area contributed by atoms with Gasteiger partial charge in [0.05, 0.1) is 22.2 Å². The smallest absolute Gasteiger partial charge is 0.259 e. The number of aromatic nitrogens is 1. The Labute approximate surface area is 78.3 Å². The first-order valence-corrected chi connectivity index (χ1v) is 4.05. The first-order valence-electron chi connectivity index (χ1n) is 3.14. The molecule has 0 atom stereocenters. The van der Waals surface area contributed by atoms with Gasteiger partial charge in [0.1, 0.15) is 0 Å². The van der Waals surface area contributed by atoms with Gasteiger partial charge in [-0.25, -0.2) is 8.78 Å². The summed E-state index contributed by atoms with van der Waals surface area (Å²) in [4.78, 5) is 3.68. The van der Waals surface area contributed by atoms with Gasteiger partial charge in [-0.05, 0) is 6.07 Å². The molecule has 0 N–H and O–H groups in total. The quantitative estimate of drug-likeness (QED) is 0.684. The molecule has 0 unspecified atom stereocenters. The van der Waals surface area contributed by atoms with Gasteiger partial charge in [0, 0.05) is 6.20 Å². The lowest BCUT2D eigenvalue weighted by atomic mass is 10.2. The fourth-order valence-corrected chi connectivity index (χ4v) is 1.29. The monoisotopic (exact) mass is 211 g/mol. The van der Waals surface area contributed by atoms with Crippen molar-refractivity contribution in [3.8, 4) is 0 Å². The molecule has 1 aromatic rings. The van der Waals surface area contributed by atoms with Crippen molar-refractivity contribution >= 4 is 23.2 Å². The molecular formula is C7H5Cl2F2N. The molecule has 0 saturated heterocycles. The number of hydrogen-bond acceptors (Lipinski definition) is 1. The zero-order valence-corrected chi connectivity index (χ0v) is 7.41. The van der Waals surface area contributed by atoms with Crippen molar-refractivity contribution in [2.45, 2.75) is 12.3 Å². The molecule has 0 saturated carbocycles. The van der Waals surface area contributed by atoms with Crippen LogP contribution >= 0.6 is 23.2 Å². The SMILES string of the molecule is FC(F)c1c(Cl)ccnc1CCl. The van der Waals surface area contributed by atoms with E-state index >= 15 is 0 Å². The normalized spacial score (nSPS) is 10.8. The van der Waals surface area contributed by atoms with Crippen molar-refractivity contribution in [2.24, 2.45) is 0 Å². The second-order valence-corrected chi connectivity index (χ2v) is 2.76. The summed E-state index contributed by atoms with van der Waals surface area (Å²) in [5.41, 5.74) is -0.131. The average Bonchev–Trinajstić information content (AvgIpc) is 2.03. The van der Waals surface area contributed by atoms with Crippen LogP contribution in [-0.2, 0) is 5.88 Å². The summed E-state index contributed by atoms with van der Waals surface area (Å²) < 4.78 is 24.6. The molecule has 0 amide bonds. The van der Waals surface area contributed by atoms with E-state index in [1.54, 1.807) is 0 Å². The maximum absolute atomic E-state index is 12.3. The van der Waals surface area contributed by atoms with Crippen LogP contribution in [0.15, 0.2) is 12.3 Å². The third kappa shape index (κ3) is 1.84. The Kier molecular flexibility index (Phi) is 3.23. The van der Waals surface area contributed by atoms with Crippen LogP contribution in [0, 0.1) is 0 Å². The van der Waals surface area contributed by atoms with E-state index in [0.717, 1.165) is 0 Å². The van der Waals surface area contributed by atoms with Crippen molar-refractivity contribution < 1.29 is 8.78 Å². The molecule has 0 fully saturated rings. The number of pyridine rings is 1. The Bertz CT molecular complexity index is 278. The Hall–Kier alpha value is -0.410. The highest BCUT2D eigenvalue weighted by molar-refractivity contribution is 6.31. The van der Waals surface area contributed by atoms with E-state index in [4.69, 9.17) is 23.2 Å². The molecule has 0 spiro atoms. The molecule has 12 heavy (non-hydrogen) atoms. The molecule has 0 aliphatic heterocycles. The molecule has 66 valence electrons. The highest BCUT2D eigenvalue weighted by atomic mass is 35.5. The van der Waals surface area contributed by atoms with Crippen LogP contribution in [0.4, 0.5) is 8.78 Å². The van der Waals surface area contributed by atoms with E-state index < -0.39 is 6.43 Å². The van der Waals surface area contributed by atoms with Crippen LogP contribution in [0.5, 0.6) is 0 Å². The Balaban J connectivity index is 3.20. The van der Waals surface area contributed by atoms with Gasteiger partial charge < -0.3 is 0 Å². The van der Waals surface area contributed by atoms with Crippen LogP contribution < -0.4 is 0 Å². The van der Waals surface area contributed by atoms with Gasteiger partial charge in [0.25, 0.3) is 6.43 Å². The first-order chi connectivity index (χ1) is 5.66. The van der Waals surface area contributed by atoms with E-state index in [9.17, 15) is 8.78 Å². The van der Waals surface area contributed by atoms with Crippen LogP contribution in [0.2, 0.25) is 5.02 Å². The van der Waals surface area contributed by atoms with E-state index in [-0.39, 0.29) is 22.2 Å². The number of hydrogen-bond donors (Lipinski definition) is 0. The summed E-state index contributed by atoms with van der Waals surface area (Å²) in [5.74, 6) is -0.0553. The standard InChI is InChI=1S/C7H5Cl2F2N/c8-3-5-6(7(10)11)4(9)1-2-12-5/h1-2,7H,3H2. The number of nitrogens with zero attached hydrogens (tertiary/aromatic N) is 1. The van der Waals surface area contributed by atoms with Gasteiger partial charge in [-0.1, -0.05) is 11.6 Å². The third-order valence-corrected chi connectivity index (χ3v) is 1.95. The lowest BCUT2D eigenvalue weighted by Crippen LogP contribution is -1.96. The zero-order chi connectivity index (χ0) is 9.14. The molecule has 0 radical (unpaired) electrons. The topological polar surface area (TPSA) is 12.9 Å². The van der Waals surface area contributed by atoms with E-state index in [2.05, 4.69) is 4.98 Å². The summed E-state index contributed by atoms with van der Waals surface area (Å²) in [5, 5.41) is 0.00986. The maximum atomic E-state index is 12.3. The lowest BCUT2D eigenvalue weighted by Gasteiger charge is -2.05. The second kappa shape index (κ2) is 4.01. The minimum Gasteiger partial charge on any atom is -0.259 e. The van der Waals surface area contributed by atoms with Crippen LogP contribution in [0.3, 0.4) is 0 Å². The summed E-state index contributed by atoms with van der Waals surface area (Å²) in [7, 11) is 0. The summed E-state index contributed by atoms with van der Waals surface area (Å²) in [6.07, 6.45) is -1.27. The van der Waals surface area contributed by atoms with Gasteiger partial charge in [0.2, 0.25) is 0 Å². The molecule has 5 heteroatoms. The van der Waals surface area contributed by atoms with Gasteiger partial charge in [-0.2, -0.15) is 0 Å². The Morgan fingerprint density at radius 1 is 1.50 bits per heavy atom. The van der Waals surface area contributed by atoms with Crippen LogP contribution in [0.1, 0.15) is 17.7 Å². The molecule has 1 aromatic heterocycles. The van der Waals surface area contributed by atoms with Gasteiger partial charge in [-0.15, -0.1) is 11.6 Å². The molecule has 0 aromatic carbocycles. The van der Waals surface area contributed by atoms with Crippen molar-refractivity contribution in [1.82, 2.24) is 4.98 Å². The van der Waals surface area contributed by atoms with Crippen molar-refractivity contribution in [3.05, 3.63) is 28.5 Å². The molecule has 0 aliphatic rings. The minimum atomic E-state index is -2.63. The van der Waals surface area contributed by atoms with Gasteiger partial charge in [-0.3, -0.25) is 4.98 Å². The van der Waals surface area contributed by atoms with Crippen molar-refractivity contribution in [1.29, 1.82) is 0 Å². The molecular weight excluding hydrogens is 207 g/mol. The zero-order valence-electron chi connectivity index (χ0n) is 5.90. The second-order valence-electron chi connectivity index (χ2n) is 2.09. The van der Waals surface area contributed by atoms with E-state index in [0.29, 0.717) is 0 Å². The Morgan fingerprint density at radius 3 is 2.58 bits per heavy atom. The fraction of sp³-hybridized carbons (Fsp3) is 0.286. The fourth-order valence-electron chi connectivity index (χ4n) is 0.827. The van der Waals surface area contributed by atoms with E-state index in [1.807, 2.05) is 0 Å². The maximum Gasteiger partial charge on any atom is 0.267 e. The molecule has 1 heterocycles. The summed E-state index contributed by atoms with van der Waals surface area (Å²) in [6, 6.07) is 1.32. The Morgan fingerprint density at radius 2 is 2.17 bits per heavy atom. The molecule has 1 rings (SSSR count). The number of halogens is 4. The van der Waals surface area contributed by atoms with Crippen LogP contribution in [0.25, 0.3) is 0 Å². The first kappa shape index (κ1) is 9.68. The summed E-state index contributed by atoms with van der Waals surface area (Å²) >= 11 is 10.9. The average molecular weight is 212 g/mol. The molecule has 0 aliphatic carbocycles. The number of alkyl halides is 3. The van der Waals surface area contributed by atoms with Crippen molar-refractivity contribution in [3.63, 3.8) is 0 Å². The largest absolute Gasteiger partial charge is 0.267 e. The molecule has 1 nitrogen and oxygen atoms in total. The predicted molar refractivity (Wildman–Crippen MR) is 43.8 cm³/mol. The van der Waals surface area contributed by atoms with Crippen molar-refractivity contribution in [2.75, 3.05) is 0 Å². The van der Waals surface area contributed by atoms with Crippen LogP contribution in [-0.4, -0.2) is 4.98 Å². The lowest BCUT2D eigenvalue weighted by molar-refractivity contribution is 0.150. The summed E-state index contributed by atoms with van der Waals surface area (Å²) in [6.45, 7) is 0. The highest BCUT2D eigenvalue weighted by Crippen LogP contribution is 2.29. The predicted octanol–water partition coefficient (Wildman–Crippen LogP) is 3.41. The minimum absolute atomic E-state index is 0.00986. The highest BCUT2D eigenvalue weighted by Gasteiger charge is 2.16. The van der Waals surface area contributed by atoms with E-state index in [1.165, 1.54) is 12.3 Å². The van der Waals surface area contributed by atoms with Gasteiger partial charge in [0.15, 0.2) is 0 Å². The van der Waals surface area contributed by atoms with Gasteiger partial charge >= 0.3 is 0 Å². The number of rotatable bonds is 2. The third-order valence-electron chi connectivity index (χ3n) is 1.36. The molecule has 0 bridgehead atoms.